The predicted molar refractivity (Wildman–Crippen MR) is 75.0 cm³/mol. The normalized spacial score (nSPS) is 8.25. The van der Waals surface area contributed by atoms with Crippen LogP contribution in [0.3, 0.4) is 0 Å². The summed E-state index contributed by atoms with van der Waals surface area (Å²) in [6.07, 6.45) is 2.91. The summed E-state index contributed by atoms with van der Waals surface area (Å²) in [4.78, 5) is 26.3. The highest BCUT2D eigenvalue weighted by Gasteiger charge is 1.89. The Morgan fingerprint density at radius 3 is 1.75 bits per heavy atom. The van der Waals surface area contributed by atoms with Crippen molar-refractivity contribution < 1.29 is 14.3 Å². The van der Waals surface area contributed by atoms with E-state index >= 15 is 0 Å². The number of carbonyl (C=O) groups excluding carboxylic acids is 2. The highest BCUT2D eigenvalue weighted by atomic mass is 16.5. The van der Waals surface area contributed by atoms with Gasteiger partial charge in [0, 0.05) is 0 Å². The van der Waals surface area contributed by atoms with Gasteiger partial charge in [-0.15, -0.1) is 0 Å². The molecule has 2 aromatic rings. The number of rotatable bonds is 3. The molecule has 2 aromatic carbocycles. The van der Waals surface area contributed by atoms with Gasteiger partial charge in [0.1, 0.15) is 5.75 Å². The van der Waals surface area contributed by atoms with Crippen LogP contribution in [0.2, 0.25) is 0 Å². The molecule has 0 radical (unpaired) electrons. The monoisotopic (exact) mass is 268 g/mol. The van der Waals surface area contributed by atoms with Crippen molar-refractivity contribution in [2.45, 2.75) is 0 Å². The maximum atomic E-state index is 9.81. The molecule has 0 heterocycles. The van der Waals surface area contributed by atoms with Crippen molar-refractivity contribution in [1.29, 1.82) is 0 Å². The van der Waals surface area contributed by atoms with Crippen LogP contribution in [0.15, 0.2) is 64.6 Å². The van der Waals surface area contributed by atoms with Gasteiger partial charge in [0.2, 0.25) is 12.2 Å². The van der Waals surface area contributed by atoms with Crippen molar-refractivity contribution in [2.75, 3.05) is 7.11 Å². The summed E-state index contributed by atoms with van der Waals surface area (Å²) >= 11 is 0. The summed E-state index contributed by atoms with van der Waals surface area (Å²) in [5.41, 5.74) is 1.23. The van der Waals surface area contributed by atoms with Crippen LogP contribution in [0.1, 0.15) is 0 Å². The number of hydrogen-bond acceptors (Lipinski definition) is 5. The average molecular weight is 268 g/mol. The molecule has 20 heavy (non-hydrogen) atoms. The standard InChI is InChI=1S/C8H7NO2.C7H5NO/c1-11-8-4-2-7(3-5-8)9-6-10;9-6-8-7-4-2-1-3-5-7/h2-5H,1H3;1-5H. The lowest BCUT2D eigenvalue weighted by Gasteiger charge is -1.96. The lowest BCUT2D eigenvalue weighted by Crippen LogP contribution is -1.79. The van der Waals surface area contributed by atoms with E-state index < -0.39 is 0 Å². The summed E-state index contributed by atoms with van der Waals surface area (Å²) in [5.74, 6) is 0.745. The van der Waals surface area contributed by atoms with Gasteiger partial charge >= 0.3 is 0 Å². The second-order valence-corrected chi connectivity index (χ2v) is 3.44. The van der Waals surface area contributed by atoms with Crippen molar-refractivity contribution >= 4 is 23.5 Å². The maximum Gasteiger partial charge on any atom is 0.240 e. The smallest absolute Gasteiger partial charge is 0.240 e. The number of hydrogen-bond donors (Lipinski definition) is 0. The Morgan fingerprint density at radius 1 is 0.800 bits per heavy atom. The zero-order chi connectivity index (χ0) is 14.6. The molecule has 0 saturated heterocycles. The van der Waals surface area contributed by atoms with E-state index in [4.69, 9.17) is 4.74 Å². The van der Waals surface area contributed by atoms with E-state index in [2.05, 4.69) is 9.98 Å². The van der Waals surface area contributed by atoms with E-state index in [0.29, 0.717) is 11.4 Å². The molecule has 0 spiro atoms. The summed E-state index contributed by atoms with van der Waals surface area (Å²) in [5, 5.41) is 0. The SMILES string of the molecule is COc1ccc(N=C=O)cc1.O=C=Nc1ccccc1. The number of ether oxygens (including phenoxy) is 1. The molecule has 0 bridgehead atoms. The third kappa shape index (κ3) is 5.56. The Hall–Kier alpha value is -3.00. The van der Waals surface area contributed by atoms with Gasteiger partial charge in [0.15, 0.2) is 0 Å². The zero-order valence-electron chi connectivity index (χ0n) is 10.8. The molecule has 0 fully saturated rings. The molecule has 2 rings (SSSR count). The molecule has 0 aliphatic carbocycles. The Labute approximate surface area is 116 Å². The lowest BCUT2D eigenvalue weighted by atomic mass is 10.3. The van der Waals surface area contributed by atoms with Crippen molar-refractivity contribution in [3.05, 3.63) is 54.6 Å². The van der Waals surface area contributed by atoms with Crippen molar-refractivity contribution in [3.63, 3.8) is 0 Å². The van der Waals surface area contributed by atoms with Crippen molar-refractivity contribution in [2.24, 2.45) is 9.98 Å². The molecule has 5 nitrogen and oxygen atoms in total. The van der Waals surface area contributed by atoms with Gasteiger partial charge in [0.25, 0.3) is 0 Å². The van der Waals surface area contributed by atoms with Crippen LogP contribution in [0.25, 0.3) is 0 Å². The molecule has 0 aliphatic heterocycles. The van der Waals surface area contributed by atoms with Crippen LogP contribution < -0.4 is 4.74 Å². The molecule has 0 atom stereocenters. The van der Waals surface area contributed by atoms with Gasteiger partial charge in [-0.05, 0) is 36.4 Å². The number of para-hydroxylation sites is 1. The topological polar surface area (TPSA) is 68.1 Å². The summed E-state index contributed by atoms with van der Waals surface area (Å²) in [6.45, 7) is 0. The fourth-order valence-corrected chi connectivity index (χ4v) is 1.26. The van der Waals surface area contributed by atoms with Gasteiger partial charge < -0.3 is 4.74 Å². The van der Waals surface area contributed by atoms with Crippen LogP contribution in [0.4, 0.5) is 11.4 Å². The number of isocyanates is 2. The summed E-state index contributed by atoms with van der Waals surface area (Å²) in [6, 6.07) is 15.8. The molecular weight excluding hydrogens is 256 g/mol. The second kappa shape index (κ2) is 9.00. The number of nitrogens with zero attached hydrogens (tertiary/aromatic N) is 2. The highest BCUT2D eigenvalue weighted by Crippen LogP contribution is 2.16. The molecule has 100 valence electrons. The second-order valence-electron chi connectivity index (χ2n) is 3.44. The maximum absolute atomic E-state index is 9.81. The quantitative estimate of drug-likeness (QED) is 0.633. The van der Waals surface area contributed by atoms with E-state index in [-0.39, 0.29) is 0 Å². The Bertz CT molecular complexity index is 611. The van der Waals surface area contributed by atoms with E-state index in [0.717, 1.165) is 5.75 Å². The van der Waals surface area contributed by atoms with Crippen LogP contribution in [0, 0.1) is 0 Å². The molecule has 0 amide bonds. The molecule has 0 aromatic heterocycles. The summed E-state index contributed by atoms with van der Waals surface area (Å²) in [7, 11) is 1.58. The molecule has 0 saturated carbocycles. The minimum atomic E-state index is 0.584. The van der Waals surface area contributed by atoms with Crippen LogP contribution >= 0.6 is 0 Å². The van der Waals surface area contributed by atoms with Gasteiger partial charge in [0.05, 0.1) is 18.5 Å². The van der Waals surface area contributed by atoms with Gasteiger partial charge in [-0.1, -0.05) is 18.2 Å². The molecule has 0 unspecified atom stereocenters. The molecule has 5 heteroatoms. The Morgan fingerprint density at radius 2 is 1.30 bits per heavy atom. The number of benzene rings is 2. The first-order chi connectivity index (χ1) is 9.80. The van der Waals surface area contributed by atoms with Gasteiger partial charge in [-0.3, -0.25) is 0 Å². The average Bonchev–Trinajstić information content (AvgIpc) is 2.50. The highest BCUT2D eigenvalue weighted by molar-refractivity contribution is 5.50. The number of aliphatic imine (C=N–C) groups is 2. The van der Waals surface area contributed by atoms with E-state index in [1.807, 2.05) is 18.2 Å². The van der Waals surface area contributed by atoms with E-state index in [1.165, 1.54) is 12.2 Å². The Kier molecular flexibility index (Phi) is 6.78. The largest absolute Gasteiger partial charge is 0.497 e. The van der Waals surface area contributed by atoms with E-state index in [9.17, 15) is 9.59 Å². The minimum Gasteiger partial charge on any atom is -0.497 e. The third-order valence-corrected chi connectivity index (χ3v) is 2.18. The van der Waals surface area contributed by atoms with Crippen molar-refractivity contribution in [3.8, 4) is 5.75 Å². The predicted octanol–water partition coefficient (Wildman–Crippen LogP) is 3.32. The zero-order valence-corrected chi connectivity index (χ0v) is 10.8. The summed E-state index contributed by atoms with van der Waals surface area (Å²) < 4.78 is 4.91. The fraction of sp³-hybridized carbons (Fsp3) is 0.0667. The third-order valence-electron chi connectivity index (χ3n) is 2.18. The van der Waals surface area contributed by atoms with Crippen LogP contribution in [-0.2, 0) is 9.59 Å². The first-order valence-corrected chi connectivity index (χ1v) is 5.65. The first-order valence-electron chi connectivity index (χ1n) is 5.65. The van der Waals surface area contributed by atoms with Gasteiger partial charge in [-0.2, -0.15) is 9.98 Å². The number of methoxy groups -OCH3 is 1. The van der Waals surface area contributed by atoms with Gasteiger partial charge in [-0.25, -0.2) is 9.59 Å². The first kappa shape index (κ1) is 15.1. The van der Waals surface area contributed by atoms with Crippen molar-refractivity contribution in [1.82, 2.24) is 0 Å². The van der Waals surface area contributed by atoms with Crippen LogP contribution in [0.5, 0.6) is 5.75 Å². The van der Waals surface area contributed by atoms with E-state index in [1.54, 1.807) is 43.5 Å². The molecular formula is C15H12N2O3. The Balaban J connectivity index is 0.000000204. The fourth-order valence-electron chi connectivity index (χ4n) is 1.26. The molecule has 0 N–H and O–H groups in total. The molecule has 0 aliphatic rings. The minimum absolute atomic E-state index is 0.584. The van der Waals surface area contributed by atoms with Crippen LogP contribution in [-0.4, -0.2) is 19.3 Å². The lowest BCUT2D eigenvalue weighted by molar-refractivity contribution is 0.415.